The molecule has 2 aliphatic rings. The highest BCUT2D eigenvalue weighted by Gasteiger charge is 2.52. The van der Waals surface area contributed by atoms with Gasteiger partial charge in [0.05, 0.1) is 12.2 Å². The van der Waals surface area contributed by atoms with Gasteiger partial charge < -0.3 is 30.0 Å². The number of amides is 2. The summed E-state index contributed by atoms with van der Waals surface area (Å²) in [5, 5.41) is 14.6. The normalized spacial score (nSPS) is 20.2. The summed E-state index contributed by atoms with van der Waals surface area (Å²) in [7, 11) is 0. The minimum absolute atomic E-state index is 0.146. The van der Waals surface area contributed by atoms with Crippen LogP contribution in [0.15, 0.2) is 60.2 Å². The first-order valence-corrected chi connectivity index (χ1v) is 17.1. The number of unbranched alkanes of at least 4 members (excludes halogenated alkanes) is 4. The van der Waals surface area contributed by atoms with Crippen molar-refractivity contribution in [2.24, 2.45) is 0 Å². The molecule has 45 heavy (non-hydrogen) atoms. The fourth-order valence-corrected chi connectivity index (χ4v) is 6.35. The minimum Gasteiger partial charge on any atom is -0.456 e. The van der Waals surface area contributed by atoms with Crippen molar-refractivity contribution in [1.82, 2.24) is 10.6 Å². The van der Waals surface area contributed by atoms with E-state index in [-0.39, 0.29) is 37.9 Å². The third-order valence-electron chi connectivity index (χ3n) is 8.15. The van der Waals surface area contributed by atoms with Crippen LogP contribution < -0.4 is 10.6 Å². The Bertz CT molecular complexity index is 1340. The lowest BCUT2D eigenvalue weighted by atomic mass is 9.91. The average molecular weight is 733 g/mol. The van der Waals surface area contributed by atoms with E-state index < -0.39 is 30.1 Å². The molecule has 4 rings (SSSR count). The van der Waals surface area contributed by atoms with Crippen molar-refractivity contribution in [3.05, 3.63) is 80.4 Å². The Morgan fingerprint density at radius 3 is 2.33 bits per heavy atom. The summed E-state index contributed by atoms with van der Waals surface area (Å²) in [6, 6.07) is 14.2. The maximum Gasteiger partial charge on any atom is 0.338 e. The van der Waals surface area contributed by atoms with Crippen LogP contribution in [0.4, 0.5) is 0 Å². The molecule has 2 amide bonds. The summed E-state index contributed by atoms with van der Waals surface area (Å²) in [4.78, 5) is 39.1. The molecular formula is C35H45IN2O7. The Kier molecular flexibility index (Phi) is 13.4. The van der Waals surface area contributed by atoms with Crippen LogP contribution in [0.2, 0.25) is 0 Å². The smallest absolute Gasteiger partial charge is 0.338 e. The number of aliphatic hydroxyl groups excluding tert-OH is 1. The van der Waals surface area contributed by atoms with Gasteiger partial charge in [-0.25, -0.2) is 4.79 Å². The van der Waals surface area contributed by atoms with Crippen LogP contribution in [0.5, 0.6) is 0 Å². The number of hydrogen-bond donors (Lipinski definition) is 3. The van der Waals surface area contributed by atoms with E-state index in [0.29, 0.717) is 16.7 Å². The fraction of sp³-hybridized carbons (Fsp3) is 0.514. The summed E-state index contributed by atoms with van der Waals surface area (Å²) in [5.74, 6) is -1.84. The number of nitrogens with one attached hydrogen (secondary N) is 2. The van der Waals surface area contributed by atoms with Crippen molar-refractivity contribution in [3.63, 3.8) is 0 Å². The quantitative estimate of drug-likeness (QED) is 0.113. The lowest BCUT2D eigenvalue weighted by Crippen LogP contribution is -2.43. The van der Waals surface area contributed by atoms with Gasteiger partial charge in [0.15, 0.2) is 5.79 Å². The molecule has 2 aromatic rings. The van der Waals surface area contributed by atoms with Crippen LogP contribution in [0.1, 0.15) is 97.9 Å². The number of halogens is 1. The van der Waals surface area contributed by atoms with Gasteiger partial charge in [-0.1, -0.05) is 57.7 Å². The van der Waals surface area contributed by atoms with Gasteiger partial charge in [-0.05, 0) is 77.4 Å². The highest BCUT2D eigenvalue weighted by Crippen LogP contribution is 2.43. The molecule has 0 saturated carbocycles. The summed E-state index contributed by atoms with van der Waals surface area (Å²) >= 11 is 2.16. The van der Waals surface area contributed by atoms with E-state index in [2.05, 4.69) is 47.1 Å². The second-order valence-corrected chi connectivity index (χ2v) is 12.9. The molecule has 1 heterocycles. The van der Waals surface area contributed by atoms with Crippen LogP contribution in [0.25, 0.3) is 0 Å². The van der Waals surface area contributed by atoms with Gasteiger partial charge in [0, 0.05) is 47.1 Å². The monoisotopic (exact) mass is 732 g/mol. The molecule has 1 fully saturated rings. The number of rotatable bonds is 16. The maximum absolute atomic E-state index is 13.5. The van der Waals surface area contributed by atoms with E-state index in [9.17, 15) is 14.4 Å². The van der Waals surface area contributed by atoms with Crippen LogP contribution in [-0.4, -0.2) is 60.1 Å². The first-order chi connectivity index (χ1) is 21.8. The third kappa shape index (κ3) is 9.84. The van der Waals surface area contributed by atoms with Crippen molar-refractivity contribution in [3.8, 4) is 0 Å². The van der Waals surface area contributed by atoms with Crippen molar-refractivity contribution in [1.29, 1.82) is 0 Å². The van der Waals surface area contributed by atoms with Gasteiger partial charge in [0.25, 0.3) is 5.91 Å². The van der Waals surface area contributed by atoms with E-state index in [0.717, 1.165) is 60.5 Å². The van der Waals surface area contributed by atoms with Crippen LogP contribution in [0.3, 0.4) is 0 Å². The number of aliphatic hydroxyl groups is 1. The molecular weight excluding hydrogens is 687 g/mol. The van der Waals surface area contributed by atoms with Crippen molar-refractivity contribution in [2.75, 3.05) is 13.2 Å². The van der Waals surface area contributed by atoms with E-state index >= 15 is 0 Å². The van der Waals surface area contributed by atoms with Crippen LogP contribution in [-0.2, 0) is 25.5 Å². The highest BCUT2D eigenvalue weighted by molar-refractivity contribution is 14.1. The van der Waals surface area contributed by atoms with E-state index in [4.69, 9.17) is 19.3 Å². The molecule has 9 nitrogen and oxygen atoms in total. The Morgan fingerprint density at radius 1 is 0.933 bits per heavy atom. The predicted octanol–water partition coefficient (Wildman–Crippen LogP) is 5.83. The Morgan fingerprint density at radius 2 is 1.64 bits per heavy atom. The minimum atomic E-state index is -0.786. The van der Waals surface area contributed by atoms with Gasteiger partial charge in [-0.15, -0.1) is 0 Å². The predicted molar refractivity (Wildman–Crippen MR) is 180 cm³/mol. The van der Waals surface area contributed by atoms with E-state index in [1.54, 1.807) is 30.3 Å². The molecule has 1 aliphatic heterocycles. The number of hydrogen-bond acceptors (Lipinski definition) is 7. The first-order valence-electron chi connectivity index (χ1n) is 16.1. The molecule has 10 heteroatoms. The van der Waals surface area contributed by atoms with Gasteiger partial charge in [0.2, 0.25) is 5.91 Å². The van der Waals surface area contributed by atoms with Gasteiger partial charge >= 0.3 is 5.97 Å². The van der Waals surface area contributed by atoms with Gasteiger partial charge in [-0.3, -0.25) is 9.59 Å². The number of carbonyl (C=O) groups excluding carboxylic acids is 3. The number of carbonyl (C=O) groups is 3. The Balaban J connectivity index is 1.53. The lowest BCUT2D eigenvalue weighted by molar-refractivity contribution is -0.190. The summed E-state index contributed by atoms with van der Waals surface area (Å²) < 4.78 is 20.4. The van der Waals surface area contributed by atoms with Gasteiger partial charge in [0.1, 0.15) is 18.3 Å². The first kappa shape index (κ1) is 35.1. The molecule has 0 radical (unpaired) electrons. The second kappa shape index (κ2) is 17.2. The summed E-state index contributed by atoms with van der Waals surface area (Å²) in [5.41, 5.74) is 2.10. The standard InChI is InChI=1S/C35H45IN2O7/c1-3-5-7-15-35(16-8-6-4-2)44-30-22-27(21-29(31(30)45-35)43-34(42)26-13-10-14-28(36)20-26)33(41)38-23-24-11-9-12-25(19-24)32(40)37-17-18-39/h9-14,19-20,22,29-31,39H,3-8,15-18,21,23H2,1-2H3,(H,37,40)(H,38,41)/t29-,30-,31+/m1/s1. The second-order valence-electron chi connectivity index (χ2n) is 11.7. The third-order valence-corrected chi connectivity index (χ3v) is 8.82. The zero-order valence-corrected chi connectivity index (χ0v) is 28.3. The number of esters is 1. The van der Waals surface area contributed by atoms with Crippen molar-refractivity contribution >= 4 is 40.4 Å². The SMILES string of the molecule is CCCCCC1(CCCCC)O[C@@H]2[C@@H](C=C(C(=O)NCc3cccc(C(=O)NCCO)c3)C[C@H]2OC(=O)c2cccc(I)c2)O1. The molecule has 2 aromatic carbocycles. The lowest BCUT2D eigenvalue weighted by Gasteiger charge is -2.31. The fourth-order valence-electron chi connectivity index (χ4n) is 5.81. The molecule has 0 unspecified atom stereocenters. The molecule has 1 aliphatic carbocycles. The largest absolute Gasteiger partial charge is 0.456 e. The maximum atomic E-state index is 13.5. The number of fused-ring (bicyclic) bond motifs is 1. The van der Waals surface area contributed by atoms with Crippen molar-refractivity contribution in [2.45, 2.75) is 102 Å². The number of benzene rings is 2. The van der Waals surface area contributed by atoms with E-state index in [1.807, 2.05) is 24.3 Å². The van der Waals surface area contributed by atoms with Gasteiger partial charge in [-0.2, -0.15) is 0 Å². The highest BCUT2D eigenvalue weighted by atomic mass is 127. The molecule has 0 bridgehead atoms. The molecule has 3 N–H and O–H groups in total. The van der Waals surface area contributed by atoms with Crippen LogP contribution >= 0.6 is 22.6 Å². The zero-order chi connectivity index (χ0) is 32.2. The van der Waals surface area contributed by atoms with Crippen molar-refractivity contribution < 1.29 is 33.7 Å². The summed E-state index contributed by atoms with van der Waals surface area (Å²) in [6.45, 7) is 4.54. The molecule has 0 spiro atoms. The zero-order valence-electron chi connectivity index (χ0n) is 26.2. The number of ether oxygens (including phenoxy) is 3. The topological polar surface area (TPSA) is 123 Å². The summed E-state index contributed by atoms with van der Waals surface area (Å²) in [6.07, 6.45) is 7.96. The average Bonchev–Trinajstić information content (AvgIpc) is 3.41. The Labute approximate surface area is 279 Å². The molecule has 1 saturated heterocycles. The molecule has 3 atom stereocenters. The van der Waals surface area contributed by atoms with Crippen LogP contribution in [0, 0.1) is 3.57 Å². The van der Waals surface area contributed by atoms with E-state index in [1.165, 1.54) is 0 Å². The molecule has 244 valence electrons. The Hall–Kier alpha value is -2.80. The molecule has 0 aromatic heterocycles.